The van der Waals surface area contributed by atoms with Gasteiger partial charge in [-0.05, 0) is 54.9 Å². The highest BCUT2D eigenvalue weighted by Crippen LogP contribution is 2.57. The molecule has 0 saturated heterocycles. The predicted molar refractivity (Wildman–Crippen MR) is 77.7 cm³/mol. The predicted octanol–water partition coefficient (Wildman–Crippen LogP) is 3.74. The first-order valence-electron chi connectivity index (χ1n) is 7.64. The monoisotopic (exact) mass is 268 g/mol. The Kier molecular flexibility index (Phi) is 2.42. The Bertz CT molecular complexity index is 628. The minimum atomic E-state index is -0.100. The highest BCUT2D eigenvalue weighted by molar-refractivity contribution is 5.88. The number of benzene rings is 1. The molecule has 0 aliphatic heterocycles. The molecule has 0 heterocycles. The van der Waals surface area contributed by atoms with Crippen LogP contribution in [-0.2, 0) is 11.2 Å². The second kappa shape index (κ2) is 3.97. The van der Waals surface area contributed by atoms with Crippen molar-refractivity contribution >= 4 is 5.78 Å². The second-order valence-corrected chi connectivity index (χ2v) is 6.81. The van der Waals surface area contributed by atoms with Crippen molar-refractivity contribution in [3.63, 3.8) is 0 Å². The molecular formula is C18H20O2. The molecule has 0 bridgehead atoms. The summed E-state index contributed by atoms with van der Waals surface area (Å²) in [7, 11) is 0. The van der Waals surface area contributed by atoms with Gasteiger partial charge < -0.3 is 5.11 Å². The van der Waals surface area contributed by atoms with Gasteiger partial charge in [-0.1, -0.05) is 24.6 Å². The first-order valence-corrected chi connectivity index (χ1v) is 7.64. The highest BCUT2D eigenvalue weighted by atomic mass is 16.3. The third kappa shape index (κ3) is 1.48. The molecule has 3 atom stereocenters. The van der Waals surface area contributed by atoms with E-state index in [0.29, 0.717) is 23.4 Å². The number of rotatable bonds is 0. The van der Waals surface area contributed by atoms with Crippen LogP contribution in [0.5, 0.6) is 5.75 Å². The number of hydrogen-bond acceptors (Lipinski definition) is 2. The van der Waals surface area contributed by atoms with Gasteiger partial charge in [-0.25, -0.2) is 0 Å². The zero-order valence-electron chi connectivity index (χ0n) is 11.9. The van der Waals surface area contributed by atoms with Crippen LogP contribution in [0.1, 0.15) is 49.7 Å². The van der Waals surface area contributed by atoms with Gasteiger partial charge in [0.2, 0.25) is 0 Å². The molecule has 1 aromatic carbocycles. The number of Topliss-reactive ketones (excluding diaryl/α,β-unsaturated/α-hetero) is 1. The fraction of sp³-hybridized carbons (Fsp3) is 0.500. The maximum absolute atomic E-state index is 12.2. The number of carbonyl (C=O) groups is 1. The summed E-state index contributed by atoms with van der Waals surface area (Å²) >= 11 is 0. The lowest BCUT2D eigenvalue weighted by molar-refractivity contribution is -0.126. The van der Waals surface area contributed by atoms with Crippen molar-refractivity contribution in [2.75, 3.05) is 0 Å². The standard InChI is InChI=1S/C18H20O2/c1-18-9-8-14-13-5-3-12(19)10-11(13)2-4-15(14)16(18)6-7-17(18)20/h3-5,10,14,16,19H,2,6-9H2,1H3/t14-,16-,18+/m0/s1. The summed E-state index contributed by atoms with van der Waals surface area (Å²) in [6.45, 7) is 2.18. The highest BCUT2D eigenvalue weighted by Gasteiger charge is 2.52. The van der Waals surface area contributed by atoms with E-state index in [0.717, 1.165) is 32.1 Å². The summed E-state index contributed by atoms with van der Waals surface area (Å²) in [6, 6.07) is 5.79. The van der Waals surface area contributed by atoms with Crippen LogP contribution in [0.25, 0.3) is 0 Å². The fourth-order valence-corrected chi connectivity index (χ4v) is 4.73. The van der Waals surface area contributed by atoms with Gasteiger partial charge in [0.1, 0.15) is 11.5 Å². The van der Waals surface area contributed by atoms with Crippen LogP contribution in [0, 0.1) is 11.3 Å². The van der Waals surface area contributed by atoms with Gasteiger partial charge in [-0.2, -0.15) is 0 Å². The Labute approximate surface area is 119 Å². The van der Waals surface area contributed by atoms with Crippen molar-refractivity contribution in [1.82, 2.24) is 0 Å². The Balaban J connectivity index is 1.77. The summed E-state index contributed by atoms with van der Waals surface area (Å²) in [6.07, 6.45) is 7.11. The molecule has 104 valence electrons. The summed E-state index contributed by atoms with van der Waals surface area (Å²) < 4.78 is 0. The molecule has 2 heteroatoms. The zero-order chi connectivity index (χ0) is 13.9. The van der Waals surface area contributed by atoms with Crippen molar-refractivity contribution in [1.29, 1.82) is 0 Å². The Hall–Kier alpha value is -1.57. The topological polar surface area (TPSA) is 37.3 Å². The van der Waals surface area contributed by atoms with E-state index in [1.807, 2.05) is 6.07 Å². The maximum Gasteiger partial charge on any atom is 0.139 e. The first-order chi connectivity index (χ1) is 9.59. The molecule has 4 rings (SSSR count). The van der Waals surface area contributed by atoms with E-state index < -0.39 is 0 Å². The number of phenols is 1. The average molecular weight is 268 g/mol. The largest absolute Gasteiger partial charge is 0.508 e. The molecule has 0 unspecified atom stereocenters. The molecular weight excluding hydrogens is 248 g/mol. The number of ketones is 1. The van der Waals surface area contributed by atoms with E-state index >= 15 is 0 Å². The van der Waals surface area contributed by atoms with Gasteiger partial charge >= 0.3 is 0 Å². The van der Waals surface area contributed by atoms with Gasteiger partial charge in [0.05, 0.1) is 0 Å². The number of hydrogen-bond donors (Lipinski definition) is 1. The van der Waals surface area contributed by atoms with Crippen LogP contribution in [0.2, 0.25) is 0 Å². The van der Waals surface area contributed by atoms with E-state index in [9.17, 15) is 9.90 Å². The average Bonchev–Trinajstić information content (AvgIpc) is 2.74. The number of carbonyl (C=O) groups excluding carboxylic acids is 1. The molecule has 0 aromatic heterocycles. The summed E-state index contributed by atoms with van der Waals surface area (Å²) in [4.78, 5) is 12.2. The van der Waals surface area contributed by atoms with E-state index in [1.54, 1.807) is 6.07 Å². The molecule has 0 radical (unpaired) electrons. The lowest BCUT2D eigenvalue weighted by Crippen LogP contribution is -2.37. The molecule has 0 amide bonds. The second-order valence-electron chi connectivity index (χ2n) is 6.81. The lowest BCUT2D eigenvalue weighted by Gasteiger charge is -2.43. The number of phenolic OH excluding ortho intramolecular Hbond substituents is 1. The SMILES string of the molecule is C[C@@]12CC[C@@H]3C(=CCc4cc(O)ccc43)[C@@H]1CCC2=O. The van der Waals surface area contributed by atoms with E-state index in [2.05, 4.69) is 19.1 Å². The van der Waals surface area contributed by atoms with E-state index in [1.165, 1.54) is 16.7 Å². The van der Waals surface area contributed by atoms with Crippen LogP contribution >= 0.6 is 0 Å². The van der Waals surface area contributed by atoms with E-state index in [4.69, 9.17) is 0 Å². The molecule has 0 spiro atoms. The third-order valence-corrected chi connectivity index (χ3v) is 5.88. The Morgan fingerprint density at radius 2 is 2.15 bits per heavy atom. The minimum Gasteiger partial charge on any atom is -0.508 e. The summed E-state index contributed by atoms with van der Waals surface area (Å²) in [5, 5.41) is 9.64. The Morgan fingerprint density at radius 3 is 3.00 bits per heavy atom. The molecule has 3 aliphatic rings. The van der Waals surface area contributed by atoms with Crippen LogP contribution in [0.3, 0.4) is 0 Å². The van der Waals surface area contributed by atoms with Gasteiger partial charge in [0.15, 0.2) is 0 Å². The minimum absolute atomic E-state index is 0.100. The molecule has 20 heavy (non-hydrogen) atoms. The number of aromatic hydroxyl groups is 1. The fourth-order valence-electron chi connectivity index (χ4n) is 4.73. The van der Waals surface area contributed by atoms with Crippen molar-refractivity contribution in [2.45, 2.75) is 44.9 Å². The Morgan fingerprint density at radius 1 is 1.30 bits per heavy atom. The van der Waals surface area contributed by atoms with E-state index in [-0.39, 0.29) is 5.41 Å². The van der Waals surface area contributed by atoms with Crippen molar-refractivity contribution in [2.24, 2.45) is 11.3 Å². The molecule has 1 aromatic rings. The van der Waals surface area contributed by atoms with Crippen LogP contribution in [0.15, 0.2) is 29.8 Å². The van der Waals surface area contributed by atoms with Crippen molar-refractivity contribution in [3.05, 3.63) is 41.0 Å². The molecule has 3 aliphatic carbocycles. The summed E-state index contributed by atoms with van der Waals surface area (Å²) in [5.74, 6) is 1.76. The smallest absolute Gasteiger partial charge is 0.139 e. The van der Waals surface area contributed by atoms with Crippen LogP contribution in [-0.4, -0.2) is 10.9 Å². The normalized spacial score (nSPS) is 35.0. The molecule has 2 saturated carbocycles. The molecule has 1 N–H and O–H groups in total. The van der Waals surface area contributed by atoms with Gasteiger partial charge in [-0.3, -0.25) is 4.79 Å². The van der Waals surface area contributed by atoms with Crippen molar-refractivity contribution < 1.29 is 9.90 Å². The van der Waals surface area contributed by atoms with Gasteiger partial charge in [-0.15, -0.1) is 0 Å². The quantitative estimate of drug-likeness (QED) is 0.728. The lowest BCUT2D eigenvalue weighted by atomic mass is 9.60. The van der Waals surface area contributed by atoms with Crippen LogP contribution < -0.4 is 0 Å². The number of fused-ring (bicyclic) bond motifs is 5. The first kappa shape index (κ1) is 12.2. The zero-order valence-corrected chi connectivity index (χ0v) is 11.9. The molecule has 2 nitrogen and oxygen atoms in total. The maximum atomic E-state index is 12.2. The molecule has 2 fully saturated rings. The number of allylic oxidation sites excluding steroid dienone is 2. The van der Waals surface area contributed by atoms with Gasteiger partial charge in [0, 0.05) is 17.8 Å². The third-order valence-electron chi connectivity index (χ3n) is 5.88. The van der Waals surface area contributed by atoms with Crippen molar-refractivity contribution in [3.8, 4) is 5.75 Å². The van der Waals surface area contributed by atoms with Gasteiger partial charge in [0.25, 0.3) is 0 Å². The summed E-state index contributed by atoms with van der Waals surface area (Å²) in [5.41, 5.74) is 4.03. The van der Waals surface area contributed by atoms with Crippen LogP contribution in [0.4, 0.5) is 0 Å².